The van der Waals surface area contributed by atoms with E-state index in [1.165, 1.54) is 6.08 Å². The zero-order valence-electron chi connectivity index (χ0n) is 6.99. The van der Waals surface area contributed by atoms with Crippen LogP contribution in [0.1, 0.15) is 12.8 Å². The van der Waals surface area contributed by atoms with Gasteiger partial charge in [0.1, 0.15) is 0 Å². The third-order valence-electron chi connectivity index (χ3n) is 1.56. The minimum absolute atomic E-state index is 0.0782. The Hall–Kier alpha value is -0.930. The van der Waals surface area contributed by atoms with Gasteiger partial charge in [0.05, 0.1) is 6.61 Å². The number of imide groups is 1. The number of hydrogen-bond donors (Lipinski definition) is 0. The molecule has 0 radical (unpaired) electrons. The lowest BCUT2D eigenvalue weighted by molar-refractivity contribution is -0.132. The van der Waals surface area contributed by atoms with E-state index in [9.17, 15) is 14.2 Å². The van der Waals surface area contributed by atoms with Crippen molar-refractivity contribution in [1.29, 1.82) is 0 Å². The molecular formula is C7H10NO4P. The van der Waals surface area contributed by atoms with Gasteiger partial charge in [-0.15, -0.1) is 6.58 Å². The molecule has 1 fully saturated rings. The molecule has 1 aliphatic heterocycles. The highest BCUT2D eigenvalue weighted by molar-refractivity contribution is 7.38. The van der Waals surface area contributed by atoms with Gasteiger partial charge in [0.25, 0.3) is 8.18 Å². The molecule has 1 heterocycles. The van der Waals surface area contributed by atoms with E-state index in [0.717, 1.165) is 0 Å². The largest absolute Gasteiger partial charge is 0.311 e. The molecule has 0 aromatic carbocycles. The molecule has 2 amide bonds. The number of rotatable bonds is 4. The van der Waals surface area contributed by atoms with E-state index in [2.05, 4.69) is 6.58 Å². The van der Waals surface area contributed by atoms with Crippen molar-refractivity contribution >= 4 is 20.0 Å². The van der Waals surface area contributed by atoms with Crippen molar-refractivity contribution < 1.29 is 18.7 Å². The SMILES string of the molecule is C=CCO[PH](=O)N1C(=O)CCC1=O. The molecule has 1 unspecified atom stereocenters. The summed E-state index contributed by atoms with van der Waals surface area (Å²) in [4.78, 5) is 22.0. The van der Waals surface area contributed by atoms with Crippen molar-refractivity contribution in [2.45, 2.75) is 12.8 Å². The molecule has 6 heteroatoms. The molecular weight excluding hydrogens is 193 g/mol. The summed E-state index contributed by atoms with van der Waals surface area (Å²) in [7, 11) is -2.71. The van der Waals surface area contributed by atoms with Gasteiger partial charge in [-0.25, -0.2) is 4.67 Å². The summed E-state index contributed by atoms with van der Waals surface area (Å²) in [5.74, 6) is -0.837. The standard InChI is InChI=1S/C7H10NO4P/c1-2-5-12-13(11)8-6(9)3-4-7(8)10/h2,13H,1,3-5H2. The van der Waals surface area contributed by atoms with E-state index in [1.807, 2.05) is 0 Å². The summed E-state index contributed by atoms with van der Waals surface area (Å²) < 4.78 is 16.7. The third kappa shape index (κ3) is 2.26. The molecule has 0 aliphatic carbocycles. The lowest BCUT2D eigenvalue weighted by Crippen LogP contribution is -2.21. The maximum Gasteiger partial charge on any atom is 0.294 e. The van der Waals surface area contributed by atoms with Crippen molar-refractivity contribution in [2.24, 2.45) is 0 Å². The van der Waals surface area contributed by atoms with Gasteiger partial charge >= 0.3 is 0 Å². The number of amides is 2. The van der Waals surface area contributed by atoms with Crippen LogP contribution in [-0.4, -0.2) is 23.1 Å². The molecule has 1 aliphatic rings. The highest BCUT2D eigenvalue weighted by Crippen LogP contribution is 2.33. The number of nitrogens with zero attached hydrogens (tertiary/aromatic N) is 1. The minimum Gasteiger partial charge on any atom is -0.311 e. The van der Waals surface area contributed by atoms with Gasteiger partial charge < -0.3 is 4.52 Å². The summed E-state index contributed by atoms with van der Waals surface area (Å²) >= 11 is 0. The average Bonchev–Trinajstić information content (AvgIpc) is 2.42. The average molecular weight is 203 g/mol. The van der Waals surface area contributed by atoms with Gasteiger partial charge in [0, 0.05) is 12.8 Å². The maximum atomic E-state index is 11.2. The molecule has 0 saturated carbocycles. The minimum atomic E-state index is -2.71. The Morgan fingerprint density at radius 1 is 1.46 bits per heavy atom. The fourth-order valence-electron chi connectivity index (χ4n) is 0.975. The molecule has 1 rings (SSSR count). The Kier molecular flexibility index (Phi) is 3.39. The van der Waals surface area contributed by atoms with Crippen LogP contribution in [-0.2, 0) is 18.7 Å². The molecule has 0 aromatic rings. The van der Waals surface area contributed by atoms with E-state index in [-0.39, 0.29) is 19.4 Å². The summed E-state index contributed by atoms with van der Waals surface area (Å²) in [6.45, 7) is 3.44. The van der Waals surface area contributed by atoms with Crippen LogP contribution in [0.5, 0.6) is 0 Å². The van der Waals surface area contributed by atoms with Crippen molar-refractivity contribution in [3.63, 3.8) is 0 Å². The Morgan fingerprint density at radius 3 is 2.46 bits per heavy atom. The Bertz CT molecular complexity index is 260. The van der Waals surface area contributed by atoms with Crippen LogP contribution < -0.4 is 0 Å². The zero-order valence-corrected chi connectivity index (χ0v) is 7.99. The maximum absolute atomic E-state index is 11.2. The highest BCUT2D eigenvalue weighted by atomic mass is 31.1. The summed E-state index contributed by atoms with van der Waals surface area (Å²) in [6, 6.07) is 0. The van der Waals surface area contributed by atoms with Crippen LogP contribution in [0.25, 0.3) is 0 Å². The van der Waals surface area contributed by atoms with Crippen molar-refractivity contribution in [1.82, 2.24) is 4.67 Å². The second-order valence-corrected chi connectivity index (χ2v) is 3.76. The Morgan fingerprint density at radius 2 is 2.00 bits per heavy atom. The van der Waals surface area contributed by atoms with Crippen molar-refractivity contribution in [3.8, 4) is 0 Å². The van der Waals surface area contributed by atoms with Crippen molar-refractivity contribution in [3.05, 3.63) is 12.7 Å². The quantitative estimate of drug-likeness (QED) is 0.384. The fraction of sp³-hybridized carbons (Fsp3) is 0.429. The van der Waals surface area contributed by atoms with Crippen LogP contribution in [0.2, 0.25) is 0 Å². The first-order valence-electron chi connectivity index (χ1n) is 3.80. The van der Waals surface area contributed by atoms with E-state index in [0.29, 0.717) is 4.67 Å². The number of carbonyl (C=O) groups excluding carboxylic acids is 2. The van der Waals surface area contributed by atoms with E-state index < -0.39 is 20.0 Å². The van der Waals surface area contributed by atoms with E-state index in [1.54, 1.807) is 0 Å². The molecule has 0 bridgehead atoms. The van der Waals surface area contributed by atoms with Gasteiger partial charge in [-0.05, 0) is 0 Å². The number of carbonyl (C=O) groups is 2. The van der Waals surface area contributed by atoms with E-state index >= 15 is 0 Å². The Balaban J connectivity index is 2.59. The second-order valence-electron chi connectivity index (χ2n) is 2.49. The van der Waals surface area contributed by atoms with Gasteiger partial charge in [-0.3, -0.25) is 14.2 Å². The molecule has 72 valence electrons. The predicted molar refractivity (Wildman–Crippen MR) is 46.2 cm³/mol. The Labute approximate surface area is 76.3 Å². The second kappa shape index (κ2) is 4.35. The molecule has 13 heavy (non-hydrogen) atoms. The lowest BCUT2D eigenvalue weighted by Gasteiger charge is -2.11. The summed E-state index contributed by atoms with van der Waals surface area (Å²) in [5, 5.41) is 0. The molecule has 1 atom stereocenters. The van der Waals surface area contributed by atoms with Gasteiger partial charge in [0.2, 0.25) is 11.8 Å². The lowest BCUT2D eigenvalue weighted by atomic mass is 10.4. The molecule has 1 saturated heterocycles. The summed E-state index contributed by atoms with van der Waals surface area (Å²) in [5.41, 5.74) is 0. The fourth-order valence-corrected chi connectivity index (χ4v) is 2.00. The van der Waals surface area contributed by atoms with Crippen LogP contribution in [0.3, 0.4) is 0 Å². The normalized spacial score (nSPS) is 19.2. The van der Waals surface area contributed by atoms with Gasteiger partial charge in [-0.2, -0.15) is 0 Å². The van der Waals surface area contributed by atoms with Gasteiger partial charge in [0.15, 0.2) is 0 Å². The third-order valence-corrected chi connectivity index (χ3v) is 2.84. The highest BCUT2D eigenvalue weighted by Gasteiger charge is 2.33. The first kappa shape index (κ1) is 10.2. The smallest absolute Gasteiger partial charge is 0.294 e. The monoisotopic (exact) mass is 203 g/mol. The van der Waals surface area contributed by atoms with Crippen LogP contribution >= 0.6 is 8.18 Å². The zero-order chi connectivity index (χ0) is 9.84. The van der Waals surface area contributed by atoms with Crippen LogP contribution in [0, 0.1) is 0 Å². The molecule has 0 spiro atoms. The van der Waals surface area contributed by atoms with Gasteiger partial charge in [-0.1, -0.05) is 6.08 Å². The molecule has 5 nitrogen and oxygen atoms in total. The van der Waals surface area contributed by atoms with Crippen LogP contribution in [0.15, 0.2) is 12.7 Å². The van der Waals surface area contributed by atoms with E-state index in [4.69, 9.17) is 4.52 Å². The van der Waals surface area contributed by atoms with Crippen molar-refractivity contribution in [2.75, 3.05) is 6.61 Å². The van der Waals surface area contributed by atoms with Crippen LogP contribution in [0.4, 0.5) is 0 Å². The molecule has 0 N–H and O–H groups in total. The topological polar surface area (TPSA) is 63.7 Å². The first-order valence-corrected chi connectivity index (χ1v) is 5.06. The summed E-state index contributed by atoms with van der Waals surface area (Å²) in [6.07, 6.45) is 1.67. The predicted octanol–water partition coefficient (Wildman–Crippen LogP) is 0.728. The molecule has 0 aromatic heterocycles. The number of hydrogen-bond acceptors (Lipinski definition) is 4. The first-order chi connectivity index (χ1) is 6.16.